The molecule has 174 valence electrons. The monoisotopic (exact) mass is 516 g/mol. The Balaban J connectivity index is 1.59. The van der Waals surface area contributed by atoms with Crippen molar-refractivity contribution in [1.82, 2.24) is 0 Å². The molecule has 34 heavy (non-hydrogen) atoms. The zero-order valence-corrected chi connectivity index (χ0v) is 19.9. The van der Waals surface area contributed by atoms with Gasteiger partial charge in [-0.1, -0.05) is 29.8 Å². The second-order valence-electron chi connectivity index (χ2n) is 7.90. The smallest absolute Gasteiger partial charge is 0.346 e. The molecule has 0 unspecified atom stereocenters. The Kier molecular flexibility index (Phi) is 5.46. The lowest BCUT2D eigenvalue weighted by Gasteiger charge is -2.31. The minimum atomic E-state index is -4.03. The number of thiophene rings is 1. The van der Waals surface area contributed by atoms with Crippen LogP contribution in [-0.4, -0.2) is 37.9 Å². The fourth-order valence-corrected chi connectivity index (χ4v) is 6.99. The topological polar surface area (TPSA) is 112 Å². The number of halogens is 1. The number of aromatic carboxylic acids is 1. The highest BCUT2D eigenvalue weighted by molar-refractivity contribution is 7.92. The molecule has 0 saturated carbocycles. The number of sulfonamides is 1. The van der Waals surface area contributed by atoms with Crippen molar-refractivity contribution in [2.24, 2.45) is 0 Å². The molecule has 0 radical (unpaired) electrons. The van der Waals surface area contributed by atoms with Crippen LogP contribution in [0, 0.1) is 0 Å². The number of amides is 2. The van der Waals surface area contributed by atoms with E-state index in [0.717, 1.165) is 28.2 Å². The Bertz CT molecular complexity index is 1480. The number of hydrogen-bond acceptors (Lipinski definition) is 6. The zero-order valence-electron chi connectivity index (χ0n) is 17.5. The highest BCUT2D eigenvalue weighted by Crippen LogP contribution is 2.38. The number of carbonyl (C=O) groups is 3. The predicted octanol–water partition coefficient (Wildman–Crippen LogP) is 3.97. The molecule has 2 aliphatic rings. The van der Waals surface area contributed by atoms with Crippen molar-refractivity contribution < 1.29 is 27.9 Å². The molecule has 5 rings (SSSR count). The predicted molar refractivity (Wildman–Crippen MR) is 128 cm³/mol. The summed E-state index contributed by atoms with van der Waals surface area (Å²) in [6.07, 6.45) is 1.22. The Morgan fingerprint density at radius 2 is 1.82 bits per heavy atom. The molecule has 11 heteroatoms. The van der Waals surface area contributed by atoms with Gasteiger partial charge >= 0.3 is 5.97 Å². The van der Waals surface area contributed by atoms with E-state index in [2.05, 4.69) is 0 Å². The summed E-state index contributed by atoms with van der Waals surface area (Å²) in [6, 6.07) is 11.1. The molecule has 0 bridgehead atoms. The number of imide groups is 1. The summed E-state index contributed by atoms with van der Waals surface area (Å²) in [4.78, 5) is 38.1. The van der Waals surface area contributed by atoms with Gasteiger partial charge < -0.3 is 5.11 Å². The van der Waals surface area contributed by atoms with Crippen LogP contribution in [0.25, 0.3) is 0 Å². The van der Waals surface area contributed by atoms with Gasteiger partial charge in [0.05, 0.1) is 33.3 Å². The lowest BCUT2D eigenvalue weighted by atomic mass is 10.0. The molecule has 1 aromatic heterocycles. The molecule has 0 atom stereocenters. The van der Waals surface area contributed by atoms with Crippen LogP contribution in [0.3, 0.4) is 0 Å². The average Bonchev–Trinajstić information content (AvgIpc) is 3.24. The van der Waals surface area contributed by atoms with Crippen LogP contribution in [0.1, 0.15) is 37.6 Å². The molecule has 8 nitrogen and oxygen atoms in total. The lowest BCUT2D eigenvalue weighted by Crippen LogP contribution is -2.43. The largest absolute Gasteiger partial charge is 0.477 e. The van der Waals surface area contributed by atoms with Crippen LogP contribution in [-0.2, 0) is 27.7 Å². The lowest BCUT2D eigenvalue weighted by molar-refractivity contribution is -0.117. The standard InChI is InChI=1S/C23H17ClN2O6S2/c24-16-8-7-15(34(31,32)25-9-3-5-13-4-1-2-6-17(13)25)11-18(16)26-19(27)10-14-12-33-21(23(29)30)20(14)22(26)28/h1-2,4,6-8,11-12H,3,5,9-10H2,(H,29,30). The van der Waals surface area contributed by atoms with E-state index in [1.54, 1.807) is 12.1 Å². The summed E-state index contributed by atoms with van der Waals surface area (Å²) in [5.74, 6) is -2.74. The molecule has 3 heterocycles. The van der Waals surface area contributed by atoms with E-state index in [4.69, 9.17) is 11.6 Å². The number of para-hydroxylation sites is 1. The van der Waals surface area contributed by atoms with Gasteiger partial charge in [0.2, 0.25) is 5.91 Å². The quantitative estimate of drug-likeness (QED) is 0.525. The second kappa shape index (κ2) is 8.23. The normalized spacial score (nSPS) is 15.8. The third kappa shape index (κ3) is 3.49. The number of carboxylic acid groups (broad SMARTS) is 1. The van der Waals surface area contributed by atoms with Gasteiger partial charge in [0, 0.05) is 6.54 Å². The Morgan fingerprint density at radius 1 is 1.06 bits per heavy atom. The Morgan fingerprint density at radius 3 is 2.59 bits per heavy atom. The maximum atomic E-state index is 13.6. The fourth-order valence-electron chi connectivity index (χ4n) is 4.33. The summed E-state index contributed by atoms with van der Waals surface area (Å²) in [7, 11) is -4.03. The van der Waals surface area contributed by atoms with E-state index < -0.39 is 27.8 Å². The van der Waals surface area contributed by atoms with Crippen LogP contribution in [0.5, 0.6) is 0 Å². The number of benzene rings is 2. The molecule has 2 amide bonds. The molecule has 2 aliphatic heterocycles. The Labute approximate surface area is 204 Å². The number of carbonyl (C=O) groups excluding carboxylic acids is 2. The molecular formula is C23H17ClN2O6S2. The van der Waals surface area contributed by atoms with Crippen molar-refractivity contribution in [3.63, 3.8) is 0 Å². The summed E-state index contributed by atoms with van der Waals surface area (Å²) < 4.78 is 28.5. The van der Waals surface area contributed by atoms with Crippen LogP contribution in [0.2, 0.25) is 5.02 Å². The van der Waals surface area contributed by atoms with Crippen LogP contribution < -0.4 is 9.21 Å². The first-order chi connectivity index (χ1) is 16.2. The number of rotatable bonds is 4. The van der Waals surface area contributed by atoms with Crippen molar-refractivity contribution in [3.8, 4) is 0 Å². The third-order valence-corrected chi connectivity index (χ3v) is 9.03. The van der Waals surface area contributed by atoms with Crippen molar-refractivity contribution in [3.05, 3.63) is 74.4 Å². The molecule has 2 aromatic carbocycles. The maximum Gasteiger partial charge on any atom is 0.346 e. The molecule has 0 saturated heterocycles. The third-order valence-electron chi connectivity index (χ3n) is 5.88. The van der Waals surface area contributed by atoms with Gasteiger partial charge in [-0.15, -0.1) is 11.3 Å². The van der Waals surface area contributed by atoms with Crippen LogP contribution in [0.4, 0.5) is 11.4 Å². The van der Waals surface area contributed by atoms with Gasteiger partial charge in [0.1, 0.15) is 4.88 Å². The van der Waals surface area contributed by atoms with E-state index in [1.807, 2.05) is 12.1 Å². The maximum absolute atomic E-state index is 13.6. The highest BCUT2D eigenvalue weighted by Gasteiger charge is 2.38. The molecule has 0 aliphatic carbocycles. The number of carboxylic acids is 1. The summed E-state index contributed by atoms with van der Waals surface area (Å²) >= 11 is 7.18. The van der Waals surface area contributed by atoms with Gasteiger partial charge in [-0.05, 0) is 53.6 Å². The van der Waals surface area contributed by atoms with E-state index in [9.17, 15) is 27.9 Å². The molecule has 1 N–H and O–H groups in total. The van der Waals surface area contributed by atoms with E-state index >= 15 is 0 Å². The van der Waals surface area contributed by atoms with Crippen molar-refractivity contribution in [2.45, 2.75) is 24.2 Å². The number of fused-ring (bicyclic) bond motifs is 2. The van der Waals surface area contributed by atoms with E-state index in [1.165, 1.54) is 27.9 Å². The zero-order chi connectivity index (χ0) is 24.2. The number of hydrogen-bond donors (Lipinski definition) is 1. The van der Waals surface area contributed by atoms with Crippen LogP contribution >= 0.6 is 22.9 Å². The minimum absolute atomic E-state index is 0.00440. The number of aryl methyl sites for hydroxylation is 1. The van der Waals surface area contributed by atoms with Crippen molar-refractivity contribution in [1.29, 1.82) is 0 Å². The molecule has 0 fully saturated rings. The first-order valence-corrected chi connectivity index (χ1v) is 13.0. The minimum Gasteiger partial charge on any atom is -0.477 e. The summed E-state index contributed by atoms with van der Waals surface area (Å²) in [5.41, 5.74) is 1.66. The second-order valence-corrected chi connectivity index (χ2v) is 11.1. The van der Waals surface area contributed by atoms with Gasteiger partial charge in [-0.3, -0.25) is 13.9 Å². The molecule has 3 aromatic rings. The number of nitrogens with zero attached hydrogens (tertiary/aromatic N) is 2. The number of anilines is 2. The van der Waals surface area contributed by atoms with Crippen molar-refractivity contribution >= 4 is 62.1 Å². The first kappa shape index (κ1) is 22.6. The van der Waals surface area contributed by atoms with Crippen LogP contribution in [0.15, 0.2) is 52.7 Å². The fraction of sp³-hybridized carbons (Fsp3) is 0.174. The molecule has 0 spiro atoms. The van der Waals surface area contributed by atoms with E-state index in [-0.39, 0.29) is 32.5 Å². The molecular weight excluding hydrogens is 500 g/mol. The Hall–Kier alpha value is -3.21. The first-order valence-electron chi connectivity index (χ1n) is 10.3. The summed E-state index contributed by atoms with van der Waals surface area (Å²) in [5, 5.41) is 10.9. The average molecular weight is 517 g/mol. The van der Waals surface area contributed by atoms with Gasteiger partial charge in [0.15, 0.2) is 0 Å². The van der Waals surface area contributed by atoms with Gasteiger partial charge in [-0.2, -0.15) is 0 Å². The SMILES string of the molecule is O=C(O)c1scc2c1C(=O)N(c1cc(S(=O)(=O)N3CCCc4ccccc43)ccc1Cl)C(=O)C2. The highest BCUT2D eigenvalue weighted by atomic mass is 35.5. The van der Waals surface area contributed by atoms with Gasteiger partial charge in [0.25, 0.3) is 15.9 Å². The summed E-state index contributed by atoms with van der Waals surface area (Å²) in [6.45, 7) is 0.291. The van der Waals surface area contributed by atoms with Gasteiger partial charge in [-0.25, -0.2) is 18.1 Å². The van der Waals surface area contributed by atoms with E-state index in [0.29, 0.717) is 24.2 Å². The van der Waals surface area contributed by atoms with Crippen molar-refractivity contribution in [2.75, 3.05) is 15.7 Å².